The maximum atomic E-state index is 9.87. The number of nitrogens with zero attached hydrogens (tertiary/aromatic N) is 5. The average molecular weight is 496 g/mol. The summed E-state index contributed by atoms with van der Waals surface area (Å²) in [6.07, 6.45) is 19.4. The minimum absolute atomic E-state index is 0.803. The van der Waals surface area contributed by atoms with E-state index in [1.165, 1.54) is 89.9 Å². The normalized spacial score (nSPS) is 16.2. The molecule has 0 radical (unpaired) electrons. The Bertz CT molecular complexity index is 591. The van der Waals surface area contributed by atoms with Crippen LogP contribution < -0.4 is 0 Å². The quantitative estimate of drug-likeness (QED) is 0.0424. The molecule has 0 N–H and O–H groups in total. The molecular weight excluding hydrogens is 455 g/mol. The van der Waals surface area contributed by atoms with Crippen LogP contribution in [-0.2, 0) is 0 Å². The first kappa shape index (κ1) is 30.8. The van der Waals surface area contributed by atoms with E-state index in [1.54, 1.807) is 0 Å². The molecule has 0 spiro atoms. The van der Waals surface area contributed by atoms with Crippen molar-refractivity contribution >= 4 is 13.8 Å². The Morgan fingerprint density at radius 2 is 1.19 bits per heavy atom. The van der Waals surface area contributed by atoms with Gasteiger partial charge in [-0.15, -0.1) is 0 Å². The molecule has 0 atom stereocenters. The van der Waals surface area contributed by atoms with Gasteiger partial charge in [-0.25, -0.2) is 0 Å². The predicted molar refractivity (Wildman–Crippen MR) is 121 cm³/mol. The van der Waals surface area contributed by atoms with Crippen LogP contribution in [0.25, 0.3) is 10.4 Å². The summed E-state index contributed by atoms with van der Waals surface area (Å²) in [6, 6.07) is 0. The molecule has 0 aromatic carbocycles. The van der Waals surface area contributed by atoms with Crippen molar-refractivity contribution in [3.63, 3.8) is 0 Å². The summed E-state index contributed by atoms with van der Waals surface area (Å²) in [5.74, 6) is 0.803. The number of halogens is 6. The van der Waals surface area contributed by atoms with Crippen LogP contribution in [0.4, 0.5) is 25.2 Å². The van der Waals surface area contributed by atoms with Gasteiger partial charge in [-0.1, -0.05) is 90.4 Å². The Kier molecular flexibility index (Phi) is 13.6. The van der Waals surface area contributed by atoms with Gasteiger partial charge in [-0.05, 0) is 12.0 Å². The minimum atomic E-state index is -10.7. The third-order valence-corrected chi connectivity index (χ3v) is 5.25. The van der Waals surface area contributed by atoms with Gasteiger partial charge in [0.1, 0.15) is 0 Å². The summed E-state index contributed by atoms with van der Waals surface area (Å²) < 4.78 is 61.2. The molecule has 192 valence electrons. The Morgan fingerprint density at radius 1 is 0.812 bits per heavy atom. The van der Waals surface area contributed by atoms with Crippen LogP contribution in [0.2, 0.25) is 0 Å². The number of unbranched alkanes of at least 4 members (excludes halogenated alkanes) is 13. The Morgan fingerprint density at radius 3 is 1.56 bits per heavy atom. The third-order valence-electron chi connectivity index (χ3n) is 5.25. The summed E-state index contributed by atoms with van der Waals surface area (Å²) in [5, 5.41) is 3.82. The molecule has 0 aromatic rings. The van der Waals surface area contributed by atoms with E-state index in [1.807, 2.05) is 11.6 Å². The van der Waals surface area contributed by atoms with Crippen molar-refractivity contribution in [2.75, 3.05) is 26.7 Å². The molecule has 0 fully saturated rings. The molecule has 5 nitrogen and oxygen atoms in total. The van der Waals surface area contributed by atoms with Gasteiger partial charge in [0, 0.05) is 10.0 Å². The maximum absolute atomic E-state index is 10.7. The van der Waals surface area contributed by atoms with E-state index in [0.717, 1.165) is 25.6 Å². The molecule has 0 aromatic heterocycles. The van der Waals surface area contributed by atoms with Gasteiger partial charge in [0.25, 0.3) is 5.96 Å². The molecule has 0 unspecified atom stereocenters. The van der Waals surface area contributed by atoms with Crippen molar-refractivity contribution in [1.82, 2.24) is 4.90 Å². The van der Waals surface area contributed by atoms with E-state index in [9.17, 15) is 25.2 Å². The van der Waals surface area contributed by atoms with Crippen molar-refractivity contribution < 1.29 is 29.8 Å². The van der Waals surface area contributed by atoms with Crippen molar-refractivity contribution in [3.05, 3.63) is 10.4 Å². The molecule has 1 rings (SSSR count). The summed E-state index contributed by atoms with van der Waals surface area (Å²) in [4.78, 5) is 5.16. The standard InChI is InChI=1S/C20H40N5.F6P/c1-3-4-5-6-7-8-9-10-11-12-13-14-15-16-17-25-19-18-24(2)20(25)22-23-21;1-7(2,3,4,5)6/h3-19H2,1-2H3;/q+1;-1. The Labute approximate surface area is 188 Å². The molecule has 12 heteroatoms. The van der Waals surface area contributed by atoms with Crippen LogP contribution in [-0.4, -0.2) is 42.1 Å². The number of azide groups is 1. The fraction of sp³-hybridized carbons (Fsp3) is 0.950. The molecular formula is C20H40F6N5P. The van der Waals surface area contributed by atoms with Crippen LogP contribution in [0.1, 0.15) is 96.8 Å². The van der Waals surface area contributed by atoms with Crippen molar-refractivity contribution in [2.24, 2.45) is 5.11 Å². The Balaban J connectivity index is 0.00000118. The first-order valence-electron chi connectivity index (χ1n) is 11.7. The van der Waals surface area contributed by atoms with Crippen LogP contribution >= 0.6 is 7.81 Å². The molecule has 32 heavy (non-hydrogen) atoms. The molecule has 0 saturated heterocycles. The van der Waals surface area contributed by atoms with Crippen LogP contribution in [0.3, 0.4) is 0 Å². The predicted octanol–water partition coefficient (Wildman–Crippen LogP) is 9.47. The van der Waals surface area contributed by atoms with Crippen LogP contribution in [0.15, 0.2) is 5.11 Å². The zero-order valence-corrected chi connectivity index (χ0v) is 20.4. The van der Waals surface area contributed by atoms with Gasteiger partial charge in [0.15, 0.2) is 0 Å². The number of rotatable bonds is 15. The SMILES string of the molecule is CCCCCCCCCCCCCCCCN1CC[N+](C)=C1N=[N+]=[N-].F[P-](F)(F)(F)(F)F. The van der Waals surface area contributed by atoms with Crippen LogP contribution in [0, 0.1) is 0 Å². The summed E-state index contributed by atoms with van der Waals surface area (Å²) in [7, 11) is -8.66. The van der Waals surface area contributed by atoms with Gasteiger partial charge in [0.05, 0.1) is 26.7 Å². The molecule has 0 saturated carbocycles. The zero-order valence-electron chi connectivity index (χ0n) is 19.5. The topological polar surface area (TPSA) is 55.0 Å². The number of hydrogen-bond donors (Lipinski definition) is 0. The molecule has 1 heterocycles. The average Bonchev–Trinajstić information content (AvgIpc) is 3.00. The first-order chi connectivity index (χ1) is 14.7. The molecule has 1 aliphatic heterocycles. The number of guanidine groups is 1. The second kappa shape index (κ2) is 14.1. The van der Waals surface area contributed by atoms with Crippen molar-refractivity contribution in [2.45, 2.75) is 96.8 Å². The summed E-state index contributed by atoms with van der Waals surface area (Å²) in [6.45, 7) is 5.26. The second-order valence-corrected chi connectivity index (χ2v) is 10.4. The monoisotopic (exact) mass is 495 g/mol. The van der Waals surface area contributed by atoms with Gasteiger partial charge in [0.2, 0.25) is 0 Å². The number of hydrogen-bond acceptors (Lipinski definition) is 2. The van der Waals surface area contributed by atoms with E-state index in [4.69, 9.17) is 5.53 Å². The van der Waals surface area contributed by atoms with E-state index in [2.05, 4.69) is 21.8 Å². The van der Waals surface area contributed by atoms with E-state index in [-0.39, 0.29) is 0 Å². The van der Waals surface area contributed by atoms with Crippen molar-refractivity contribution in [1.29, 1.82) is 0 Å². The van der Waals surface area contributed by atoms with Crippen molar-refractivity contribution in [3.8, 4) is 0 Å². The van der Waals surface area contributed by atoms with E-state index < -0.39 is 7.81 Å². The molecule has 0 amide bonds. The number of likely N-dealkylation sites (N-methyl/N-ethyl adjacent to an activating group) is 1. The third kappa shape index (κ3) is 23.5. The second-order valence-electron chi connectivity index (χ2n) is 8.45. The summed E-state index contributed by atoms with van der Waals surface area (Å²) in [5.41, 5.74) is 8.64. The van der Waals surface area contributed by atoms with E-state index >= 15 is 0 Å². The van der Waals surface area contributed by atoms with Crippen LogP contribution in [0.5, 0.6) is 0 Å². The molecule has 0 aliphatic carbocycles. The van der Waals surface area contributed by atoms with E-state index in [0.29, 0.717) is 0 Å². The first-order valence-corrected chi connectivity index (χ1v) is 13.7. The van der Waals surface area contributed by atoms with Gasteiger partial charge in [-0.3, -0.25) is 9.48 Å². The fourth-order valence-electron chi connectivity index (χ4n) is 3.60. The van der Waals surface area contributed by atoms with Gasteiger partial charge >= 0.3 is 33.0 Å². The van der Waals surface area contributed by atoms with Gasteiger partial charge < -0.3 is 0 Å². The summed E-state index contributed by atoms with van der Waals surface area (Å²) >= 11 is 0. The Hall–Kier alpha value is -1.21. The molecule has 1 aliphatic rings. The zero-order chi connectivity index (χ0) is 24.6. The fourth-order valence-corrected chi connectivity index (χ4v) is 3.60. The molecule has 0 bridgehead atoms. The van der Waals surface area contributed by atoms with Gasteiger partial charge in [-0.2, -0.15) is 0 Å².